The fraction of sp³-hybridized carbons (Fsp3) is 0.936. The standard InChI is InChI=1S/C47H90O6/c1-4-7-10-13-16-19-22-24-26-29-31-34-37-40-46(49)52-43-44(53-47(50)41-38-35-32-27-21-18-15-12-9-6-3)42-51-45(48)39-36-33-30-28-25-23-20-17-14-11-8-5-2/h44H,4-43H2,1-3H3/t44-/m0/s1. The van der Waals surface area contributed by atoms with Crippen LogP contribution in [0.25, 0.3) is 0 Å². The van der Waals surface area contributed by atoms with Crippen molar-refractivity contribution in [3.05, 3.63) is 0 Å². The number of rotatable bonds is 43. The lowest BCUT2D eigenvalue weighted by Gasteiger charge is -2.18. The number of hydrogen-bond donors (Lipinski definition) is 0. The summed E-state index contributed by atoms with van der Waals surface area (Å²) in [7, 11) is 0. The molecule has 6 nitrogen and oxygen atoms in total. The maximum atomic E-state index is 12.7. The van der Waals surface area contributed by atoms with Crippen LogP contribution in [0.1, 0.15) is 265 Å². The molecule has 0 aromatic rings. The number of esters is 3. The molecule has 0 rings (SSSR count). The minimum Gasteiger partial charge on any atom is -0.462 e. The number of unbranched alkanes of at least 4 members (excludes halogenated alkanes) is 32. The summed E-state index contributed by atoms with van der Waals surface area (Å²) in [6.45, 7) is 6.64. The van der Waals surface area contributed by atoms with E-state index in [9.17, 15) is 14.4 Å². The lowest BCUT2D eigenvalue weighted by atomic mass is 10.0. The Hall–Kier alpha value is -1.59. The molecule has 1 atom stereocenters. The fourth-order valence-electron chi connectivity index (χ4n) is 7.03. The van der Waals surface area contributed by atoms with Crippen molar-refractivity contribution in [1.82, 2.24) is 0 Å². The van der Waals surface area contributed by atoms with Crippen molar-refractivity contribution >= 4 is 17.9 Å². The van der Waals surface area contributed by atoms with Crippen LogP contribution in [0, 0.1) is 0 Å². The average molecular weight is 751 g/mol. The zero-order chi connectivity index (χ0) is 38.7. The lowest BCUT2D eigenvalue weighted by Crippen LogP contribution is -2.30. The Bertz CT molecular complexity index is 783. The molecular formula is C47H90O6. The van der Waals surface area contributed by atoms with Crippen LogP contribution in [0.4, 0.5) is 0 Å². The SMILES string of the molecule is CCCCCCCCCCCCCCCC(=O)OC[C@H](COC(=O)CCCCCCCCCCCCCC)OC(=O)CCCCCCCCCCCC. The van der Waals surface area contributed by atoms with E-state index in [1.165, 1.54) is 167 Å². The minimum atomic E-state index is -0.757. The Morgan fingerprint density at radius 2 is 0.509 bits per heavy atom. The molecule has 0 unspecified atom stereocenters. The van der Waals surface area contributed by atoms with Gasteiger partial charge < -0.3 is 14.2 Å². The highest BCUT2D eigenvalue weighted by atomic mass is 16.6. The molecule has 0 amide bonds. The summed E-state index contributed by atoms with van der Waals surface area (Å²) in [5, 5.41) is 0. The molecule has 0 heterocycles. The molecule has 0 saturated carbocycles. The molecule has 53 heavy (non-hydrogen) atoms. The summed E-state index contributed by atoms with van der Waals surface area (Å²) in [4.78, 5) is 37.7. The van der Waals surface area contributed by atoms with Crippen molar-refractivity contribution in [3.63, 3.8) is 0 Å². The smallest absolute Gasteiger partial charge is 0.306 e. The van der Waals surface area contributed by atoms with Gasteiger partial charge in [-0.15, -0.1) is 0 Å². The molecule has 0 aliphatic carbocycles. The van der Waals surface area contributed by atoms with Crippen LogP contribution in [0.15, 0.2) is 0 Å². The Morgan fingerprint density at radius 1 is 0.302 bits per heavy atom. The highest BCUT2D eigenvalue weighted by Gasteiger charge is 2.19. The van der Waals surface area contributed by atoms with E-state index < -0.39 is 6.10 Å². The zero-order valence-electron chi connectivity index (χ0n) is 35.8. The van der Waals surface area contributed by atoms with E-state index in [2.05, 4.69) is 20.8 Å². The molecule has 314 valence electrons. The van der Waals surface area contributed by atoms with Crippen LogP contribution >= 0.6 is 0 Å². The van der Waals surface area contributed by atoms with Crippen molar-refractivity contribution in [2.75, 3.05) is 13.2 Å². The van der Waals surface area contributed by atoms with Crippen molar-refractivity contribution < 1.29 is 28.6 Å². The van der Waals surface area contributed by atoms with E-state index in [0.717, 1.165) is 57.8 Å². The zero-order valence-corrected chi connectivity index (χ0v) is 35.8. The molecular weight excluding hydrogens is 661 g/mol. The maximum Gasteiger partial charge on any atom is 0.306 e. The molecule has 0 bridgehead atoms. The van der Waals surface area contributed by atoms with Crippen LogP contribution in [0.2, 0.25) is 0 Å². The van der Waals surface area contributed by atoms with Gasteiger partial charge in [-0.1, -0.05) is 226 Å². The Kier molecular flexibility index (Phi) is 41.8. The van der Waals surface area contributed by atoms with Crippen molar-refractivity contribution in [3.8, 4) is 0 Å². The quantitative estimate of drug-likeness (QED) is 0.0351. The number of hydrogen-bond acceptors (Lipinski definition) is 6. The third kappa shape index (κ3) is 41.4. The first-order valence-corrected chi connectivity index (χ1v) is 23.5. The van der Waals surface area contributed by atoms with Gasteiger partial charge in [-0.3, -0.25) is 14.4 Å². The average Bonchev–Trinajstić information content (AvgIpc) is 3.15. The number of carbonyl (C=O) groups excluding carboxylic acids is 3. The van der Waals surface area contributed by atoms with E-state index in [1.807, 2.05) is 0 Å². The topological polar surface area (TPSA) is 78.9 Å². The highest BCUT2D eigenvalue weighted by molar-refractivity contribution is 5.71. The summed E-state index contributed by atoms with van der Waals surface area (Å²) < 4.78 is 16.7. The molecule has 0 N–H and O–H groups in total. The molecule has 0 saturated heterocycles. The van der Waals surface area contributed by atoms with Gasteiger partial charge in [0.05, 0.1) is 0 Å². The third-order valence-electron chi connectivity index (χ3n) is 10.6. The summed E-state index contributed by atoms with van der Waals surface area (Å²) in [5.41, 5.74) is 0. The van der Waals surface area contributed by atoms with Gasteiger partial charge in [-0.2, -0.15) is 0 Å². The van der Waals surface area contributed by atoms with E-state index in [0.29, 0.717) is 19.3 Å². The minimum absolute atomic E-state index is 0.0626. The van der Waals surface area contributed by atoms with Crippen LogP contribution in [-0.4, -0.2) is 37.2 Å². The Morgan fingerprint density at radius 3 is 0.755 bits per heavy atom. The second-order valence-electron chi connectivity index (χ2n) is 16.0. The third-order valence-corrected chi connectivity index (χ3v) is 10.6. The second-order valence-corrected chi connectivity index (χ2v) is 16.0. The van der Waals surface area contributed by atoms with Gasteiger partial charge in [0.15, 0.2) is 6.10 Å². The van der Waals surface area contributed by atoms with Crippen molar-refractivity contribution in [2.24, 2.45) is 0 Å². The maximum absolute atomic E-state index is 12.7. The molecule has 0 radical (unpaired) electrons. The van der Waals surface area contributed by atoms with E-state index in [-0.39, 0.29) is 31.1 Å². The predicted molar refractivity (Wildman–Crippen MR) is 224 cm³/mol. The molecule has 0 aromatic heterocycles. The van der Waals surface area contributed by atoms with Crippen LogP contribution in [0.3, 0.4) is 0 Å². The first-order chi connectivity index (χ1) is 26.0. The van der Waals surface area contributed by atoms with Crippen LogP contribution in [-0.2, 0) is 28.6 Å². The molecule has 0 fully saturated rings. The first kappa shape index (κ1) is 51.4. The number of ether oxygens (including phenoxy) is 3. The van der Waals surface area contributed by atoms with Gasteiger partial charge in [0.1, 0.15) is 13.2 Å². The van der Waals surface area contributed by atoms with Gasteiger partial charge in [-0.05, 0) is 19.3 Å². The largest absolute Gasteiger partial charge is 0.462 e. The van der Waals surface area contributed by atoms with Crippen molar-refractivity contribution in [2.45, 2.75) is 271 Å². The molecule has 0 aliphatic heterocycles. The summed E-state index contributed by atoms with van der Waals surface area (Å²) in [6.07, 6.45) is 43.6. The highest BCUT2D eigenvalue weighted by Crippen LogP contribution is 2.16. The number of carbonyl (C=O) groups is 3. The van der Waals surface area contributed by atoms with Gasteiger partial charge >= 0.3 is 17.9 Å². The predicted octanol–water partition coefficient (Wildman–Crippen LogP) is 14.9. The van der Waals surface area contributed by atoms with E-state index in [4.69, 9.17) is 14.2 Å². The summed E-state index contributed by atoms with van der Waals surface area (Å²) in [5.74, 6) is -0.850. The van der Waals surface area contributed by atoms with Crippen LogP contribution < -0.4 is 0 Å². The van der Waals surface area contributed by atoms with Crippen molar-refractivity contribution in [1.29, 1.82) is 0 Å². The van der Waals surface area contributed by atoms with Gasteiger partial charge in [-0.25, -0.2) is 0 Å². The monoisotopic (exact) mass is 751 g/mol. The molecule has 0 aliphatic rings. The first-order valence-electron chi connectivity index (χ1n) is 23.5. The van der Waals surface area contributed by atoms with Gasteiger partial charge in [0.2, 0.25) is 0 Å². The Labute approximate surface area is 329 Å². The fourth-order valence-corrected chi connectivity index (χ4v) is 7.03. The van der Waals surface area contributed by atoms with E-state index >= 15 is 0 Å². The normalized spacial score (nSPS) is 11.8. The lowest BCUT2D eigenvalue weighted by molar-refractivity contribution is -0.167. The Balaban J connectivity index is 4.30. The molecule has 0 spiro atoms. The second kappa shape index (κ2) is 43.1. The molecule has 6 heteroatoms. The van der Waals surface area contributed by atoms with Gasteiger partial charge in [0, 0.05) is 19.3 Å². The summed E-state index contributed by atoms with van der Waals surface area (Å²) in [6, 6.07) is 0. The van der Waals surface area contributed by atoms with Gasteiger partial charge in [0.25, 0.3) is 0 Å². The summed E-state index contributed by atoms with van der Waals surface area (Å²) >= 11 is 0. The van der Waals surface area contributed by atoms with Crippen LogP contribution in [0.5, 0.6) is 0 Å². The van der Waals surface area contributed by atoms with E-state index in [1.54, 1.807) is 0 Å². The molecule has 0 aromatic carbocycles.